The molecular formula is C16H18BrIN2. The van der Waals surface area contributed by atoms with Crippen molar-refractivity contribution in [2.24, 2.45) is 5.84 Å². The maximum absolute atomic E-state index is 5.75. The number of rotatable bonds is 5. The number of hydrogen-bond acceptors (Lipinski definition) is 2. The molecule has 0 saturated carbocycles. The topological polar surface area (TPSA) is 38.0 Å². The monoisotopic (exact) mass is 444 g/mol. The molecule has 0 radical (unpaired) electrons. The minimum Gasteiger partial charge on any atom is -0.271 e. The summed E-state index contributed by atoms with van der Waals surface area (Å²) >= 11 is 5.93. The molecule has 2 aromatic rings. The third-order valence-corrected chi connectivity index (χ3v) is 4.80. The van der Waals surface area contributed by atoms with Gasteiger partial charge in [-0.2, -0.15) is 0 Å². The van der Waals surface area contributed by atoms with Crippen molar-refractivity contribution in [3.63, 3.8) is 0 Å². The Bertz CT molecular complexity index is 569. The Morgan fingerprint density at radius 2 is 1.80 bits per heavy atom. The number of nitrogens with one attached hydrogen (secondary N) is 1. The van der Waals surface area contributed by atoms with Crippen molar-refractivity contribution in [3.05, 3.63) is 67.2 Å². The molecule has 0 aromatic heterocycles. The van der Waals surface area contributed by atoms with Gasteiger partial charge in [0.25, 0.3) is 0 Å². The third-order valence-electron chi connectivity index (χ3n) is 3.41. The van der Waals surface area contributed by atoms with Gasteiger partial charge in [-0.1, -0.05) is 47.1 Å². The SMILES string of the molecule is CCc1ccc(CC(NN)c2cc(I)ccc2Br)cc1. The van der Waals surface area contributed by atoms with Gasteiger partial charge in [-0.15, -0.1) is 0 Å². The molecule has 20 heavy (non-hydrogen) atoms. The lowest BCUT2D eigenvalue weighted by atomic mass is 9.98. The minimum atomic E-state index is 0.103. The highest BCUT2D eigenvalue weighted by atomic mass is 127. The van der Waals surface area contributed by atoms with E-state index in [4.69, 9.17) is 5.84 Å². The molecule has 0 saturated heterocycles. The highest BCUT2D eigenvalue weighted by molar-refractivity contribution is 14.1. The second-order valence-electron chi connectivity index (χ2n) is 4.76. The second-order valence-corrected chi connectivity index (χ2v) is 6.86. The molecule has 2 nitrogen and oxygen atoms in total. The van der Waals surface area contributed by atoms with Crippen LogP contribution in [0, 0.1) is 3.57 Å². The first kappa shape index (κ1) is 15.9. The zero-order valence-electron chi connectivity index (χ0n) is 11.4. The third kappa shape index (κ3) is 4.04. The van der Waals surface area contributed by atoms with Crippen LogP contribution in [0.4, 0.5) is 0 Å². The Morgan fingerprint density at radius 3 is 2.40 bits per heavy atom. The van der Waals surface area contributed by atoms with E-state index in [1.807, 2.05) is 0 Å². The number of hydrazine groups is 1. The van der Waals surface area contributed by atoms with Crippen molar-refractivity contribution in [1.82, 2.24) is 5.43 Å². The standard InChI is InChI=1S/C16H18BrIN2/c1-2-11-3-5-12(6-4-11)9-16(20-19)14-10-13(18)7-8-15(14)17/h3-8,10,16,20H,2,9,19H2,1H3. The molecule has 1 unspecified atom stereocenters. The van der Waals surface area contributed by atoms with Crippen LogP contribution in [0.5, 0.6) is 0 Å². The molecule has 3 N–H and O–H groups in total. The van der Waals surface area contributed by atoms with Crippen molar-refractivity contribution in [2.45, 2.75) is 25.8 Å². The molecule has 0 amide bonds. The molecule has 2 aromatic carbocycles. The zero-order valence-corrected chi connectivity index (χ0v) is 15.1. The van der Waals surface area contributed by atoms with Gasteiger partial charge in [0.15, 0.2) is 0 Å². The van der Waals surface area contributed by atoms with E-state index < -0.39 is 0 Å². The van der Waals surface area contributed by atoms with Crippen molar-refractivity contribution in [3.8, 4) is 0 Å². The summed E-state index contributed by atoms with van der Waals surface area (Å²) in [5.41, 5.74) is 6.77. The first-order valence-corrected chi connectivity index (χ1v) is 8.50. The van der Waals surface area contributed by atoms with Gasteiger partial charge in [0, 0.05) is 8.04 Å². The van der Waals surface area contributed by atoms with Crippen LogP contribution in [0.3, 0.4) is 0 Å². The molecular weight excluding hydrogens is 427 g/mol. The molecule has 0 fully saturated rings. The Kier molecular flexibility index (Phi) is 6.01. The number of benzene rings is 2. The highest BCUT2D eigenvalue weighted by Crippen LogP contribution is 2.27. The summed E-state index contributed by atoms with van der Waals surface area (Å²) in [6.45, 7) is 2.17. The van der Waals surface area contributed by atoms with E-state index in [0.717, 1.165) is 17.3 Å². The van der Waals surface area contributed by atoms with E-state index in [1.165, 1.54) is 20.3 Å². The molecule has 1 atom stereocenters. The molecule has 106 valence electrons. The predicted octanol–water partition coefficient (Wildman–Crippen LogP) is 4.36. The summed E-state index contributed by atoms with van der Waals surface area (Å²) < 4.78 is 2.30. The summed E-state index contributed by atoms with van der Waals surface area (Å²) in [6.07, 6.45) is 1.94. The molecule has 0 heterocycles. The van der Waals surface area contributed by atoms with Crippen LogP contribution in [0.25, 0.3) is 0 Å². The average molecular weight is 445 g/mol. The Hall–Kier alpha value is -0.430. The molecule has 0 bridgehead atoms. The van der Waals surface area contributed by atoms with Gasteiger partial charge in [-0.3, -0.25) is 11.3 Å². The number of hydrogen-bond donors (Lipinski definition) is 2. The quantitative estimate of drug-likeness (QED) is 0.408. The van der Waals surface area contributed by atoms with E-state index in [-0.39, 0.29) is 6.04 Å². The van der Waals surface area contributed by atoms with Crippen molar-refractivity contribution >= 4 is 38.5 Å². The lowest BCUT2D eigenvalue weighted by molar-refractivity contribution is 0.549. The maximum atomic E-state index is 5.75. The summed E-state index contributed by atoms with van der Waals surface area (Å²) in [5.74, 6) is 5.75. The van der Waals surface area contributed by atoms with Crippen LogP contribution in [0.2, 0.25) is 0 Å². The Balaban J connectivity index is 2.21. The van der Waals surface area contributed by atoms with Gasteiger partial charge in [-0.25, -0.2) is 0 Å². The molecule has 2 rings (SSSR count). The van der Waals surface area contributed by atoms with Crippen LogP contribution in [-0.4, -0.2) is 0 Å². The lowest BCUT2D eigenvalue weighted by Gasteiger charge is -2.18. The predicted molar refractivity (Wildman–Crippen MR) is 96.4 cm³/mol. The molecule has 0 aliphatic heterocycles. The fourth-order valence-corrected chi connectivity index (χ4v) is 3.23. The van der Waals surface area contributed by atoms with E-state index in [9.17, 15) is 0 Å². The average Bonchev–Trinajstić information content (AvgIpc) is 2.48. The van der Waals surface area contributed by atoms with E-state index in [2.05, 4.69) is 93.3 Å². The lowest BCUT2D eigenvalue weighted by Crippen LogP contribution is -2.30. The van der Waals surface area contributed by atoms with Crippen LogP contribution in [0.15, 0.2) is 46.9 Å². The fraction of sp³-hybridized carbons (Fsp3) is 0.250. The van der Waals surface area contributed by atoms with Crippen LogP contribution >= 0.6 is 38.5 Å². The van der Waals surface area contributed by atoms with Gasteiger partial charge in [0.05, 0.1) is 6.04 Å². The smallest absolute Gasteiger partial charge is 0.0511 e. The van der Waals surface area contributed by atoms with Crippen molar-refractivity contribution in [2.75, 3.05) is 0 Å². The van der Waals surface area contributed by atoms with Crippen molar-refractivity contribution in [1.29, 1.82) is 0 Å². The fourth-order valence-electron chi connectivity index (χ4n) is 2.19. The summed E-state index contributed by atoms with van der Waals surface area (Å²) in [4.78, 5) is 0. The maximum Gasteiger partial charge on any atom is 0.0511 e. The van der Waals surface area contributed by atoms with Gasteiger partial charge in [-0.05, 0) is 70.3 Å². The Labute approximate surface area is 142 Å². The summed E-state index contributed by atoms with van der Waals surface area (Å²) in [5, 5.41) is 0. The first-order valence-electron chi connectivity index (χ1n) is 6.63. The number of nitrogens with two attached hydrogens (primary N) is 1. The molecule has 0 aliphatic carbocycles. The van der Waals surface area contributed by atoms with E-state index in [1.54, 1.807) is 0 Å². The van der Waals surface area contributed by atoms with Gasteiger partial charge >= 0.3 is 0 Å². The Morgan fingerprint density at radius 1 is 1.15 bits per heavy atom. The number of halogens is 2. The van der Waals surface area contributed by atoms with Gasteiger partial charge in [0.1, 0.15) is 0 Å². The van der Waals surface area contributed by atoms with Crippen LogP contribution in [-0.2, 0) is 12.8 Å². The van der Waals surface area contributed by atoms with Crippen molar-refractivity contribution < 1.29 is 0 Å². The second kappa shape index (κ2) is 7.54. The van der Waals surface area contributed by atoms with Gasteiger partial charge < -0.3 is 0 Å². The summed E-state index contributed by atoms with van der Waals surface area (Å²) in [7, 11) is 0. The van der Waals surface area contributed by atoms with E-state index in [0.29, 0.717) is 0 Å². The number of aryl methyl sites for hydroxylation is 1. The summed E-state index contributed by atoms with van der Waals surface area (Å²) in [6, 6.07) is 15.2. The zero-order chi connectivity index (χ0) is 14.5. The van der Waals surface area contributed by atoms with E-state index >= 15 is 0 Å². The normalized spacial score (nSPS) is 12.4. The van der Waals surface area contributed by atoms with Crippen LogP contribution in [0.1, 0.15) is 29.7 Å². The molecule has 4 heteroatoms. The largest absolute Gasteiger partial charge is 0.271 e. The molecule has 0 aliphatic rings. The minimum absolute atomic E-state index is 0.103. The van der Waals surface area contributed by atoms with Crippen LogP contribution < -0.4 is 11.3 Å². The highest BCUT2D eigenvalue weighted by Gasteiger charge is 2.14. The van der Waals surface area contributed by atoms with Gasteiger partial charge in [0.2, 0.25) is 0 Å². The molecule has 0 spiro atoms. The first-order chi connectivity index (χ1) is 9.63.